The lowest BCUT2D eigenvalue weighted by molar-refractivity contribution is 0.425. The van der Waals surface area contributed by atoms with Crippen molar-refractivity contribution >= 4 is 33.3 Å². The van der Waals surface area contributed by atoms with Gasteiger partial charge in [0.1, 0.15) is 5.82 Å². The van der Waals surface area contributed by atoms with Gasteiger partial charge in [-0.3, -0.25) is 10.1 Å². The Labute approximate surface area is 238 Å². The van der Waals surface area contributed by atoms with E-state index in [-0.39, 0.29) is 5.82 Å². The molecule has 0 saturated carbocycles. The molecule has 208 valence electrons. The predicted octanol–water partition coefficient (Wildman–Crippen LogP) is 6.77. The first-order chi connectivity index (χ1) is 19.8. The van der Waals surface area contributed by atoms with Crippen molar-refractivity contribution in [1.29, 1.82) is 0 Å². The lowest BCUT2D eigenvalue weighted by atomic mass is 10.0. The van der Waals surface area contributed by atoms with Gasteiger partial charge in [0.25, 0.3) is 0 Å². The van der Waals surface area contributed by atoms with E-state index in [9.17, 15) is 4.39 Å². The number of likely N-dealkylation sites (N-methyl/N-ethyl adjacent to an activating group) is 1. The van der Waals surface area contributed by atoms with Crippen molar-refractivity contribution in [1.82, 2.24) is 30.0 Å². The van der Waals surface area contributed by atoms with Crippen molar-refractivity contribution in [2.24, 2.45) is 0 Å². The number of hydrogen-bond donors (Lipinski definition) is 4. The number of halogens is 1. The van der Waals surface area contributed by atoms with E-state index in [0.717, 1.165) is 74.4 Å². The van der Waals surface area contributed by atoms with E-state index in [1.165, 1.54) is 6.07 Å². The number of fused-ring (bicyclic) bond motifs is 2. The molecule has 2 aromatic carbocycles. The average Bonchev–Trinajstić information content (AvgIpc) is 3.56. The van der Waals surface area contributed by atoms with Gasteiger partial charge < -0.3 is 20.5 Å². The minimum Gasteiger partial charge on any atom is -0.384 e. The fraction of sp³-hybridized carbons (Fsp3) is 0.219. The first kappa shape index (κ1) is 26.5. The van der Waals surface area contributed by atoms with E-state index in [1.807, 2.05) is 57.0 Å². The Bertz CT molecular complexity index is 1840. The van der Waals surface area contributed by atoms with Gasteiger partial charge in [0.15, 0.2) is 5.65 Å². The molecule has 4 N–H and O–H groups in total. The monoisotopic (exact) mass is 548 g/mol. The van der Waals surface area contributed by atoms with E-state index < -0.39 is 0 Å². The number of aromatic nitrogens is 5. The predicted molar refractivity (Wildman–Crippen MR) is 166 cm³/mol. The van der Waals surface area contributed by atoms with Crippen molar-refractivity contribution in [3.63, 3.8) is 0 Å². The molecule has 41 heavy (non-hydrogen) atoms. The van der Waals surface area contributed by atoms with Gasteiger partial charge in [-0.05, 0) is 81.5 Å². The van der Waals surface area contributed by atoms with Gasteiger partial charge in [-0.1, -0.05) is 12.1 Å². The quantitative estimate of drug-likeness (QED) is 0.159. The van der Waals surface area contributed by atoms with Crippen LogP contribution in [0.2, 0.25) is 0 Å². The molecule has 0 amide bonds. The van der Waals surface area contributed by atoms with Crippen LogP contribution in [0.4, 0.5) is 15.8 Å². The summed E-state index contributed by atoms with van der Waals surface area (Å²) in [7, 11) is 4.03. The molecule has 9 heteroatoms. The third-order valence-electron chi connectivity index (χ3n) is 6.97. The Hall–Kier alpha value is -4.76. The fourth-order valence-corrected chi connectivity index (χ4v) is 5.09. The fourth-order valence-electron chi connectivity index (χ4n) is 5.09. The standard InChI is InChI=1S/C32H33FN8/c1-19(2)37-25-12-21(16-34-18-25)22-13-28-31(39-40-32(28)36-17-22)30-15-27-26(6-5-7-29(27)38-30)20-10-23(33)14-24(11-20)35-8-9-41(3)4/h5-7,10-19,35,37-38H,8-9H2,1-4H3,(H,36,39,40). The first-order valence-corrected chi connectivity index (χ1v) is 13.7. The summed E-state index contributed by atoms with van der Waals surface area (Å²) >= 11 is 0. The Morgan fingerprint density at radius 3 is 2.56 bits per heavy atom. The molecule has 0 spiro atoms. The maximum Gasteiger partial charge on any atom is 0.181 e. The number of anilines is 2. The molecule has 8 nitrogen and oxygen atoms in total. The van der Waals surface area contributed by atoms with Crippen molar-refractivity contribution in [2.75, 3.05) is 37.8 Å². The summed E-state index contributed by atoms with van der Waals surface area (Å²) in [6.45, 7) is 5.78. The highest BCUT2D eigenvalue weighted by Gasteiger charge is 2.16. The molecule has 6 rings (SSSR count). The van der Waals surface area contributed by atoms with Gasteiger partial charge in [0.2, 0.25) is 0 Å². The van der Waals surface area contributed by atoms with Crippen LogP contribution in [0.3, 0.4) is 0 Å². The molecule has 0 fully saturated rings. The number of nitrogens with one attached hydrogen (secondary N) is 4. The van der Waals surface area contributed by atoms with Crippen LogP contribution in [0.1, 0.15) is 13.8 Å². The Balaban J connectivity index is 1.37. The molecule has 0 aliphatic heterocycles. The molecule has 6 aromatic rings. The van der Waals surface area contributed by atoms with E-state index in [2.05, 4.69) is 72.7 Å². The molecule has 0 bridgehead atoms. The Kier molecular flexibility index (Phi) is 7.11. The highest BCUT2D eigenvalue weighted by molar-refractivity contribution is 6.01. The number of nitrogens with zero attached hydrogens (tertiary/aromatic N) is 4. The van der Waals surface area contributed by atoms with Crippen LogP contribution >= 0.6 is 0 Å². The van der Waals surface area contributed by atoms with Crippen LogP contribution in [0.5, 0.6) is 0 Å². The molecule has 0 aliphatic carbocycles. The van der Waals surface area contributed by atoms with Crippen LogP contribution in [0.15, 0.2) is 73.2 Å². The Morgan fingerprint density at radius 1 is 0.902 bits per heavy atom. The summed E-state index contributed by atoms with van der Waals surface area (Å²) in [5, 5.41) is 16.3. The number of hydrogen-bond acceptors (Lipinski definition) is 6. The number of rotatable bonds is 9. The largest absolute Gasteiger partial charge is 0.384 e. The van der Waals surface area contributed by atoms with E-state index >= 15 is 0 Å². The third-order valence-corrected chi connectivity index (χ3v) is 6.97. The zero-order valence-electron chi connectivity index (χ0n) is 23.6. The number of pyridine rings is 2. The van der Waals surface area contributed by atoms with Crippen molar-refractivity contribution in [3.8, 4) is 33.6 Å². The van der Waals surface area contributed by atoms with E-state index in [0.29, 0.717) is 11.7 Å². The van der Waals surface area contributed by atoms with Crippen LogP contribution in [-0.4, -0.2) is 63.3 Å². The van der Waals surface area contributed by atoms with Gasteiger partial charge in [0.05, 0.1) is 17.1 Å². The second-order valence-corrected chi connectivity index (χ2v) is 10.9. The lowest BCUT2D eigenvalue weighted by Crippen LogP contribution is -2.20. The molecular weight excluding hydrogens is 515 g/mol. The zero-order chi connectivity index (χ0) is 28.5. The second-order valence-electron chi connectivity index (χ2n) is 10.9. The smallest absolute Gasteiger partial charge is 0.181 e. The first-order valence-electron chi connectivity index (χ1n) is 13.7. The highest BCUT2D eigenvalue weighted by Crippen LogP contribution is 2.36. The Morgan fingerprint density at radius 2 is 1.73 bits per heavy atom. The lowest BCUT2D eigenvalue weighted by Gasteiger charge is -2.13. The molecule has 0 saturated heterocycles. The van der Waals surface area contributed by atoms with Gasteiger partial charge in [0, 0.05) is 70.8 Å². The second kappa shape index (κ2) is 11.0. The van der Waals surface area contributed by atoms with E-state index in [1.54, 1.807) is 6.07 Å². The molecular formula is C32H33FN8. The number of H-pyrrole nitrogens is 2. The minimum absolute atomic E-state index is 0.275. The van der Waals surface area contributed by atoms with Crippen LogP contribution in [0.25, 0.3) is 55.6 Å². The third kappa shape index (κ3) is 5.62. The summed E-state index contributed by atoms with van der Waals surface area (Å²) in [5.74, 6) is -0.275. The maximum atomic E-state index is 14.7. The zero-order valence-corrected chi connectivity index (χ0v) is 23.6. The van der Waals surface area contributed by atoms with Gasteiger partial charge in [-0.25, -0.2) is 9.37 Å². The summed E-state index contributed by atoms with van der Waals surface area (Å²) < 4.78 is 14.7. The van der Waals surface area contributed by atoms with Gasteiger partial charge in [-0.15, -0.1) is 0 Å². The number of aromatic amines is 2. The maximum absolute atomic E-state index is 14.7. The van der Waals surface area contributed by atoms with Crippen molar-refractivity contribution < 1.29 is 4.39 Å². The summed E-state index contributed by atoms with van der Waals surface area (Å²) in [6, 6.07) is 17.7. The molecule has 0 radical (unpaired) electrons. The normalized spacial score (nSPS) is 11.7. The summed E-state index contributed by atoms with van der Waals surface area (Å²) in [6.07, 6.45) is 5.48. The molecule has 4 heterocycles. The SMILES string of the molecule is CC(C)Nc1cncc(-c2cnc3n[nH]c(-c4cc5c(-c6cc(F)cc(NCCN(C)C)c6)cccc5[nH]4)c3c2)c1. The van der Waals surface area contributed by atoms with Crippen LogP contribution < -0.4 is 10.6 Å². The van der Waals surface area contributed by atoms with E-state index in [4.69, 9.17) is 0 Å². The number of benzene rings is 2. The molecule has 0 aliphatic rings. The van der Waals surface area contributed by atoms with Gasteiger partial charge in [-0.2, -0.15) is 5.10 Å². The summed E-state index contributed by atoms with van der Waals surface area (Å²) in [5.41, 5.74) is 8.70. The average molecular weight is 549 g/mol. The van der Waals surface area contributed by atoms with Crippen molar-refractivity contribution in [2.45, 2.75) is 19.9 Å². The van der Waals surface area contributed by atoms with Crippen molar-refractivity contribution in [3.05, 3.63) is 79.0 Å². The molecule has 0 atom stereocenters. The van der Waals surface area contributed by atoms with Gasteiger partial charge >= 0.3 is 0 Å². The van der Waals surface area contributed by atoms with Crippen LogP contribution in [-0.2, 0) is 0 Å². The summed E-state index contributed by atoms with van der Waals surface area (Å²) in [4.78, 5) is 14.6. The highest BCUT2D eigenvalue weighted by atomic mass is 19.1. The van der Waals surface area contributed by atoms with Crippen LogP contribution in [0, 0.1) is 5.82 Å². The molecule has 0 unspecified atom stereocenters. The minimum atomic E-state index is -0.275. The molecule has 4 aromatic heterocycles. The topological polar surface area (TPSA) is 97.6 Å².